The van der Waals surface area contributed by atoms with Crippen LogP contribution in [-0.2, 0) is 19.4 Å². The Morgan fingerprint density at radius 1 is 0.828 bits per heavy atom. The molecule has 0 atom stereocenters. The van der Waals surface area contributed by atoms with Crippen LogP contribution in [0.3, 0.4) is 0 Å². The van der Waals surface area contributed by atoms with Crippen molar-refractivity contribution >= 4 is 5.91 Å². The number of carbonyl (C=O) groups is 1. The van der Waals surface area contributed by atoms with Gasteiger partial charge in [0, 0.05) is 24.1 Å². The number of amides is 1. The highest BCUT2D eigenvalue weighted by molar-refractivity contribution is 6.07. The molecule has 0 bridgehead atoms. The lowest BCUT2D eigenvalue weighted by atomic mass is 9.87. The SMILES string of the molecule is O=C(NCc1ccccc1)c1c(-c2ccccc2)oc2c1-c1ccccc1CC2. The smallest absolute Gasteiger partial charge is 0.256 e. The number of nitrogens with one attached hydrogen (secondary N) is 1. The van der Waals surface area contributed by atoms with E-state index in [2.05, 4.69) is 23.5 Å². The largest absolute Gasteiger partial charge is 0.460 e. The molecular formula is C26H21NO2. The Hall–Kier alpha value is -3.59. The van der Waals surface area contributed by atoms with Crippen molar-refractivity contribution in [3.63, 3.8) is 0 Å². The van der Waals surface area contributed by atoms with Crippen LogP contribution in [0.5, 0.6) is 0 Å². The van der Waals surface area contributed by atoms with Gasteiger partial charge in [-0.25, -0.2) is 0 Å². The molecule has 1 N–H and O–H groups in total. The average Bonchev–Trinajstić information content (AvgIpc) is 3.19. The summed E-state index contributed by atoms with van der Waals surface area (Å²) in [6.45, 7) is 0.482. The zero-order valence-electron chi connectivity index (χ0n) is 16.0. The zero-order chi connectivity index (χ0) is 19.6. The van der Waals surface area contributed by atoms with E-state index in [9.17, 15) is 4.79 Å². The molecule has 1 aromatic heterocycles. The number of fused-ring (bicyclic) bond motifs is 3. The molecule has 3 heteroatoms. The summed E-state index contributed by atoms with van der Waals surface area (Å²) in [6, 6.07) is 28.1. The van der Waals surface area contributed by atoms with Crippen LogP contribution in [0, 0.1) is 0 Å². The van der Waals surface area contributed by atoms with Gasteiger partial charge in [-0.1, -0.05) is 84.9 Å². The maximum Gasteiger partial charge on any atom is 0.256 e. The lowest BCUT2D eigenvalue weighted by Crippen LogP contribution is -2.24. The second-order valence-corrected chi connectivity index (χ2v) is 7.30. The Morgan fingerprint density at radius 3 is 2.31 bits per heavy atom. The normalized spacial score (nSPS) is 12.1. The number of aryl methyl sites for hydroxylation is 2. The summed E-state index contributed by atoms with van der Waals surface area (Å²) in [5.41, 5.74) is 5.93. The van der Waals surface area contributed by atoms with Gasteiger partial charge in [-0.15, -0.1) is 0 Å². The molecule has 0 radical (unpaired) electrons. The van der Waals surface area contributed by atoms with Crippen LogP contribution in [0.1, 0.15) is 27.2 Å². The van der Waals surface area contributed by atoms with Gasteiger partial charge in [-0.05, 0) is 23.1 Å². The summed E-state index contributed by atoms with van der Waals surface area (Å²) in [5, 5.41) is 3.09. The Kier molecular flexibility index (Phi) is 4.49. The molecule has 29 heavy (non-hydrogen) atoms. The number of carbonyl (C=O) groups excluding carboxylic acids is 1. The van der Waals surface area contributed by atoms with Crippen LogP contribution < -0.4 is 5.32 Å². The van der Waals surface area contributed by atoms with Gasteiger partial charge in [0.2, 0.25) is 0 Å². The molecule has 0 unspecified atom stereocenters. The molecule has 0 saturated heterocycles. The van der Waals surface area contributed by atoms with Crippen molar-refractivity contribution < 1.29 is 9.21 Å². The van der Waals surface area contributed by atoms with Crippen LogP contribution in [0.15, 0.2) is 89.3 Å². The molecule has 0 fully saturated rings. The molecule has 1 heterocycles. The molecule has 142 valence electrons. The van der Waals surface area contributed by atoms with Crippen LogP contribution in [0.4, 0.5) is 0 Å². The summed E-state index contributed by atoms with van der Waals surface area (Å²) >= 11 is 0. The van der Waals surface area contributed by atoms with E-state index in [4.69, 9.17) is 4.42 Å². The number of benzene rings is 3. The fraction of sp³-hybridized carbons (Fsp3) is 0.115. The van der Waals surface area contributed by atoms with E-state index < -0.39 is 0 Å². The first-order chi connectivity index (χ1) is 14.3. The predicted molar refractivity (Wildman–Crippen MR) is 115 cm³/mol. The van der Waals surface area contributed by atoms with Gasteiger partial charge >= 0.3 is 0 Å². The fourth-order valence-corrected chi connectivity index (χ4v) is 4.05. The van der Waals surface area contributed by atoms with E-state index in [1.165, 1.54) is 5.56 Å². The number of hydrogen-bond donors (Lipinski definition) is 1. The van der Waals surface area contributed by atoms with E-state index in [-0.39, 0.29) is 5.91 Å². The molecule has 1 aliphatic carbocycles. The van der Waals surface area contributed by atoms with Crippen molar-refractivity contribution in [1.29, 1.82) is 0 Å². The maximum absolute atomic E-state index is 13.4. The quantitative estimate of drug-likeness (QED) is 0.498. The van der Waals surface area contributed by atoms with E-state index in [0.29, 0.717) is 17.9 Å². The third-order valence-electron chi connectivity index (χ3n) is 5.45. The average molecular weight is 379 g/mol. The van der Waals surface area contributed by atoms with Crippen molar-refractivity contribution in [2.75, 3.05) is 0 Å². The van der Waals surface area contributed by atoms with E-state index in [1.807, 2.05) is 66.7 Å². The summed E-state index contributed by atoms with van der Waals surface area (Å²) < 4.78 is 6.29. The van der Waals surface area contributed by atoms with Gasteiger partial charge in [-0.2, -0.15) is 0 Å². The minimum absolute atomic E-state index is 0.102. The van der Waals surface area contributed by atoms with Crippen molar-refractivity contribution in [1.82, 2.24) is 5.32 Å². The molecule has 1 amide bonds. The van der Waals surface area contributed by atoms with E-state index in [0.717, 1.165) is 40.9 Å². The van der Waals surface area contributed by atoms with Crippen LogP contribution in [0.2, 0.25) is 0 Å². The zero-order valence-corrected chi connectivity index (χ0v) is 16.0. The Bertz CT molecular complexity index is 1160. The Balaban J connectivity index is 1.61. The van der Waals surface area contributed by atoms with Gasteiger partial charge < -0.3 is 9.73 Å². The third-order valence-corrected chi connectivity index (χ3v) is 5.45. The second-order valence-electron chi connectivity index (χ2n) is 7.30. The Morgan fingerprint density at radius 2 is 1.52 bits per heavy atom. The molecule has 5 rings (SSSR count). The molecule has 0 spiro atoms. The molecule has 1 aliphatic rings. The van der Waals surface area contributed by atoms with Gasteiger partial charge in [0.25, 0.3) is 5.91 Å². The van der Waals surface area contributed by atoms with Crippen molar-refractivity contribution in [3.8, 4) is 22.5 Å². The summed E-state index contributed by atoms with van der Waals surface area (Å²) in [7, 11) is 0. The second kappa shape index (κ2) is 7.44. The first-order valence-corrected chi connectivity index (χ1v) is 9.93. The summed E-state index contributed by atoms with van der Waals surface area (Å²) in [4.78, 5) is 13.4. The van der Waals surface area contributed by atoms with Crippen LogP contribution >= 0.6 is 0 Å². The highest BCUT2D eigenvalue weighted by Gasteiger charge is 2.30. The van der Waals surface area contributed by atoms with Crippen molar-refractivity contribution in [2.45, 2.75) is 19.4 Å². The number of furan rings is 1. The number of rotatable bonds is 4. The highest BCUT2D eigenvalue weighted by atomic mass is 16.3. The molecule has 3 nitrogen and oxygen atoms in total. The van der Waals surface area contributed by atoms with Crippen LogP contribution in [-0.4, -0.2) is 5.91 Å². The molecule has 0 aliphatic heterocycles. The van der Waals surface area contributed by atoms with Gasteiger partial charge in [0.15, 0.2) is 0 Å². The lowest BCUT2D eigenvalue weighted by molar-refractivity contribution is 0.0951. The predicted octanol–water partition coefficient (Wildman–Crippen LogP) is 5.64. The van der Waals surface area contributed by atoms with Gasteiger partial charge in [-0.3, -0.25) is 4.79 Å². The molecular weight excluding hydrogens is 358 g/mol. The summed E-state index contributed by atoms with van der Waals surface area (Å²) in [5.74, 6) is 1.44. The summed E-state index contributed by atoms with van der Waals surface area (Å²) in [6.07, 6.45) is 1.73. The van der Waals surface area contributed by atoms with E-state index in [1.54, 1.807) is 0 Å². The Labute approximate surface area is 170 Å². The fourth-order valence-electron chi connectivity index (χ4n) is 4.05. The maximum atomic E-state index is 13.4. The minimum atomic E-state index is -0.102. The van der Waals surface area contributed by atoms with Crippen molar-refractivity contribution in [2.24, 2.45) is 0 Å². The van der Waals surface area contributed by atoms with Crippen molar-refractivity contribution in [3.05, 3.63) is 107 Å². The minimum Gasteiger partial charge on any atom is -0.460 e. The first kappa shape index (κ1) is 17.5. The lowest BCUT2D eigenvalue weighted by Gasteiger charge is -2.16. The van der Waals surface area contributed by atoms with E-state index >= 15 is 0 Å². The topological polar surface area (TPSA) is 42.2 Å². The van der Waals surface area contributed by atoms with Gasteiger partial charge in [0.1, 0.15) is 11.5 Å². The van der Waals surface area contributed by atoms with Crippen LogP contribution in [0.25, 0.3) is 22.5 Å². The molecule has 0 saturated carbocycles. The monoisotopic (exact) mass is 379 g/mol. The first-order valence-electron chi connectivity index (χ1n) is 9.93. The third kappa shape index (κ3) is 3.25. The number of hydrogen-bond acceptors (Lipinski definition) is 2. The molecule has 3 aromatic carbocycles. The standard InChI is InChI=1S/C26H21NO2/c28-26(27-17-18-9-3-1-4-10-18)24-23-21-14-8-7-11-19(21)15-16-22(23)29-25(24)20-12-5-2-6-13-20/h1-14H,15-17H2,(H,27,28). The highest BCUT2D eigenvalue weighted by Crippen LogP contribution is 2.42. The molecule has 4 aromatic rings. The van der Waals surface area contributed by atoms with Gasteiger partial charge in [0.05, 0.1) is 5.56 Å².